The second-order valence-corrected chi connectivity index (χ2v) is 9.53. The number of aryl methyl sites for hydroxylation is 3. The molecule has 0 fully saturated rings. The van der Waals surface area contributed by atoms with E-state index in [1.807, 2.05) is 36.6 Å². The van der Waals surface area contributed by atoms with Gasteiger partial charge in [0.2, 0.25) is 5.75 Å². The number of phenolic OH excluding ortho intramolecular Hbond substituents is 1. The summed E-state index contributed by atoms with van der Waals surface area (Å²) in [5, 5.41) is 25.4. The first kappa shape index (κ1) is 23.7. The monoisotopic (exact) mass is 504 g/mol. The van der Waals surface area contributed by atoms with E-state index in [1.54, 1.807) is 6.92 Å². The Hall–Kier alpha value is -3.98. The number of ether oxygens (including phenoxy) is 1. The van der Waals surface area contributed by atoms with Gasteiger partial charge in [-0.15, -0.1) is 11.3 Å². The van der Waals surface area contributed by atoms with Crippen LogP contribution in [0, 0.1) is 17.0 Å². The van der Waals surface area contributed by atoms with E-state index < -0.39 is 22.3 Å². The smallest absolute Gasteiger partial charge is 0.341 e. The molecule has 0 saturated heterocycles. The van der Waals surface area contributed by atoms with Crippen LogP contribution in [0.2, 0.25) is 0 Å². The summed E-state index contributed by atoms with van der Waals surface area (Å²) in [4.78, 5) is 28.5. The molecule has 2 heterocycles. The SMILES string of the molecule is CCOC(=O)c1c(-c2ccc(C)cc2)csc1/N=C/c1c(O)c([N+](=O)[O-])cc2oc3c(c12)CCCC3. The Kier molecular flexibility index (Phi) is 6.32. The second kappa shape index (κ2) is 9.58. The number of benzene rings is 2. The molecule has 0 unspecified atom stereocenters. The van der Waals surface area contributed by atoms with Gasteiger partial charge in [-0.1, -0.05) is 29.8 Å². The van der Waals surface area contributed by atoms with Crippen molar-refractivity contribution >= 4 is 45.2 Å². The fraction of sp³-hybridized carbons (Fsp3) is 0.259. The Morgan fingerprint density at radius 1 is 1.28 bits per heavy atom. The lowest BCUT2D eigenvalue weighted by atomic mass is 9.93. The molecule has 36 heavy (non-hydrogen) atoms. The van der Waals surface area contributed by atoms with Crippen LogP contribution in [0.1, 0.15) is 52.6 Å². The van der Waals surface area contributed by atoms with Gasteiger partial charge in [-0.3, -0.25) is 10.1 Å². The van der Waals surface area contributed by atoms with Crippen molar-refractivity contribution in [1.82, 2.24) is 0 Å². The normalized spacial score (nSPS) is 13.3. The molecule has 0 bridgehead atoms. The van der Waals surface area contributed by atoms with Crippen LogP contribution in [0.5, 0.6) is 5.75 Å². The van der Waals surface area contributed by atoms with Crippen LogP contribution in [0.3, 0.4) is 0 Å². The van der Waals surface area contributed by atoms with E-state index in [0.717, 1.165) is 48.1 Å². The molecule has 1 aliphatic carbocycles. The molecule has 0 spiro atoms. The van der Waals surface area contributed by atoms with Gasteiger partial charge >= 0.3 is 11.7 Å². The molecule has 0 aliphatic heterocycles. The molecule has 0 amide bonds. The molecule has 1 aliphatic rings. The fourth-order valence-electron chi connectivity index (χ4n) is 4.61. The topological polar surface area (TPSA) is 115 Å². The van der Waals surface area contributed by atoms with Crippen LogP contribution in [-0.4, -0.2) is 28.8 Å². The van der Waals surface area contributed by atoms with Crippen molar-refractivity contribution < 1.29 is 24.0 Å². The molecule has 0 saturated carbocycles. The van der Waals surface area contributed by atoms with Gasteiger partial charge in [-0.05, 0) is 38.7 Å². The number of aliphatic imine (C=N–C) groups is 1. The van der Waals surface area contributed by atoms with E-state index in [2.05, 4.69) is 4.99 Å². The molecule has 8 nitrogen and oxygen atoms in total. The van der Waals surface area contributed by atoms with E-state index >= 15 is 0 Å². The molecular formula is C27H24N2O6S. The average Bonchev–Trinajstić information content (AvgIpc) is 3.45. The van der Waals surface area contributed by atoms with E-state index in [4.69, 9.17) is 9.15 Å². The lowest BCUT2D eigenvalue weighted by Crippen LogP contribution is -2.05. The number of carbonyl (C=O) groups excluding carboxylic acids is 1. The van der Waals surface area contributed by atoms with Crippen LogP contribution < -0.4 is 0 Å². The minimum Gasteiger partial charge on any atom is -0.502 e. The van der Waals surface area contributed by atoms with E-state index in [-0.39, 0.29) is 12.2 Å². The Bertz CT molecular complexity index is 1510. The van der Waals surface area contributed by atoms with E-state index in [9.17, 15) is 20.0 Å². The molecular weight excluding hydrogens is 480 g/mol. The Labute approximate surface area is 211 Å². The van der Waals surface area contributed by atoms with Gasteiger partial charge < -0.3 is 14.3 Å². The number of hydrogen-bond donors (Lipinski definition) is 1. The van der Waals surface area contributed by atoms with Crippen LogP contribution in [0.15, 0.2) is 45.1 Å². The first-order valence-corrected chi connectivity index (χ1v) is 12.6. The quantitative estimate of drug-likeness (QED) is 0.132. The summed E-state index contributed by atoms with van der Waals surface area (Å²) in [6, 6.07) is 9.06. The molecule has 5 rings (SSSR count). The minimum atomic E-state index is -0.641. The highest BCUT2D eigenvalue weighted by molar-refractivity contribution is 7.14. The van der Waals surface area contributed by atoms with Crippen molar-refractivity contribution in [2.24, 2.45) is 4.99 Å². The predicted octanol–water partition coefficient (Wildman–Crippen LogP) is 6.89. The third kappa shape index (κ3) is 4.15. The van der Waals surface area contributed by atoms with Gasteiger partial charge in [-0.2, -0.15) is 0 Å². The highest BCUT2D eigenvalue weighted by atomic mass is 32.1. The van der Waals surface area contributed by atoms with Gasteiger partial charge in [0.25, 0.3) is 0 Å². The standard InChI is InChI=1S/C27H24N2O6S/c1-3-34-27(31)24-19(16-10-8-15(2)9-11-16)14-36-26(24)28-13-18-23-17-6-4-5-7-21(17)35-22(23)12-20(25(18)30)29(32)33/h8-14,30H,3-7H2,1-2H3/b28-13+. The number of esters is 1. The highest BCUT2D eigenvalue weighted by Crippen LogP contribution is 2.43. The zero-order chi connectivity index (χ0) is 25.4. The summed E-state index contributed by atoms with van der Waals surface area (Å²) in [5.74, 6) is -0.190. The van der Waals surface area contributed by atoms with Crippen LogP contribution >= 0.6 is 11.3 Å². The van der Waals surface area contributed by atoms with Gasteiger partial charge in [0.15, 0.2) is 0 Å². The number of nitro groups is 1. The van der Waals surface area contributed by atoms with Gasteiger partial charge in [0.05, 0.1) is 23.2 Å². The zero-order valence-electron chi connectivity index (χ0n) is 19.9. The van der Waals surface area contributed by atoms with Crippen molar-refractivity contribution in [1.29, 1.82) is 0 Å². The van der Waals surface area contributed by atoms with Crippen molar-refractivity contribution in [3.05, 3.63) is 73.8 Å². The summed E-state index contributed by atoms with van der Waals surface area (Å²) >= 11 is 1.26. The average molecular weight is 505 g/mol. The lowest BCUT2D eigenvalue weighted by Gasteiger charge is -2.10. The first-order chi connectivity index (χ1) is 17.4. The molecule has 2 aromatic heterocycles. The van der Waals surface area contributed by atoms with Crippen molar-refractivity contribution in [3.63, 3.8) is 0 Å². The maximum absolute atomic E-state index is 12.9. The van der Waals surface area contributed by atoms with Crippen LogP contribution in [-0.2, 0) is 17.6 Å². The molecule has 2 aromatic carbocycles. The van der Waals surface area contributed by atoms with Gasteiger partial charge in [0, 0.05) is 34.5 Å². The largest absolute Gasteiger partial charge is 0.502 e. The molecule has 1 N–H and O–H groups in total. The molecule has 0 atom stereocenters. The highest BCUT2D eigenvalue weighted by Gasteiger charge is 2.28. The molecule has 4 aromatic rings. The number of aromatic hydroxyl groups is 1. The first-order valence-electron chi connectivity index (χ1n) is 11.7. The summed E-state index contributed by atoms with van der Waals surface area (Å²) in [5.41, 5.74) is 4.02. The van der Waals surface area contributed by atoms with Crippen molar-refractivity contribution in [2.45, 2.75) is 39.5 Å². The maximum atomic E-state index is 12.9. The second-order valence-electron chi connectivity index (χ2n) is 8.67. The molecule has 0 radical (unpaired) electrons. The third-order valence-corrected chi connectivity index (χ3v) is 7.24. The van der Waals surface area contributed by atoms with E-state index in [1.165, 1.54) is 23.6 Å². The fourth-order valence-corrected chi connectivity index (χ4v) is 5.52. The third-order valence-electron chi connectivity index (χ3n) is 6.35. The number of thiophene rings is 1. The Morgan fingerprint density at radius 3 is 2.75 bits per heavy atom. The number of nitro benzene ring substituents is 1. The Balaban J connectivity index is 1.67. The predicted molar refractivity (Wildman–Crippen MR) is 139 cm³/mol. The lowest BCUT2D eigenvalue weighted by molar-refractivity contribution is -0.385. The zero-order valence-corrected chi connectivity index (χ0v) is 20.7. The number of nitrogens with zero attached hydrogens (tertiary/aromatic N) is 2. The summed E-state index contributed by atoms with van der Waals surface area (Å²) in [7, 11) is 0. The van der Waals surface area contributed by atoms with Crippen LogP contribution in [0.25, 0.3) is 22.1 Å². The summed E-state index contributed by atoms with van der Waals surface area (Å²) in [6.07, 6.45) is 4.83. The Morgan fingerprint density at radius 2 is 2.03 bits per heavy atom. The number of carbonyl (C=O) groups is 1. The number of phenols is 1. The number of rotatable bonds is 6. The number of fused-ring (bicyclic) bond motifs is 3. The number of hydrogen-bond acceptors (Lipinski definition) is 8. The van der Waals surface area contributed by atoms with Crippen LogP contribution in [0.4, 0.5) is 10.7 Å². The summed E-state index contributed by atoms with van der Waals surface area (Å²) in [6.45, 7) is 3.93. The molecule has 9 heteroatoms. The van der Waals surface area contributed by atoms with E-state index in [0.29, 0.717) is 27.1 Å². The van der Waals surface area contributed by atoms with Crippen molar-refractivity contribution in [3.8, 4) is 16.9 Å². The summed E-state index contributed by atoms with van der Waals surface area (Å²) < 4.78 is 11.3. The van der Waals surface area contributed by atoms with Crippen molar-refractivity contribution in [2.75, 3.05) is 6.61 Å². The van der Waals surface area contributed by atoms with Gasteiger partial charge in [-0.25, -0.2) is 9.79 Å². The van der Waals surface area contributed by atoms with Gasteiger partial charge in [0.1, 0.15) is 21.9 Å². The number of furan rings is 1. The minimum absolute atomic E-state index is 0.207. The maximum Gasteiger partial charge on any atom is 0.341 e. The molecule has 184 valence electrons.